The van der Waals surface area contributed by atoms with Gasteiger partial charge in [-0.05, 0) is 36.9 Å². The maximum Gasteiger partial charge on any atom is 0.387 e. The van der Waals surface area contributed by atoms with E-state index in [1.54, 1.807) is 17.8 Å². The summed E-state index contributed by atoms with van der Waals surface area (Å²) in [6, 6.07) is 4.65. The summed E-state index contributed by atoms with van der Waals surface area (Å²) in [6.07, 6.45) is 0.899. The number of hydrogen-bond acceptors (Lipinski definition) is 3. The second kappa shape index (κ2) is 7.74. The Balaban J connectivity index is 2.63. The van der Waals surface area contributed by atoms with Gasteiger partial charge < -0.3 is 10.5 Å². The van der Waals surface area contributed by atoms with Crippen molar-refractivity contribution in [3.63, 3.8) is 0 Å². The van der Waals surface area contributed by atoms with Gasteiger partial charge in [-0.15, -0.1) is 0 Å². The lowest BCUT2D eigenvalue weighted by Gasteiger charge is -2.10. The molecule has 0 unspecified atom stereocenters. The highest BCUT2D eigenvalue weighted by molar-refractivity contribution is 7.98. The van der Waals surface area contributed by atoms with E-state index in [2.05, 4.69) is 4.74 Å². The van der Waals surface area contributed by atoms with Gasteiger partial charge in [0.15, 0.2) is 0 Å². The van der Waals surface area contributed by atoms with Crippen molar-refractivity contribution in [2.75, 3.05) is 12.3 Å². The van der Waals surface area contributed by atoms with Crippen LogP contribution in [0.15, 0.2) is 18.2 Å². The van der Waals surface area contributed by atoms with Crippen molar-refractivity contribution in [1.29, 1.82) is 0 Å². The van der Waals surface area contributed by atoms with Crippen LogP contribution in [-0.2, 0) is 5.75 Å². The van der Waals surface area contributed by atoms with Gasteiger partial charge in [0.25, 0.3) is 0 Å². The highest BCUT2D eigenvalue weighted by Crippen LogP contribution is 2.28. The van der Waals surface area contributed by atoms with Crippen molar-refractivity contribution in [2.45, 2.75) is 18.8 Å². The summed E-state index contributed by atoms with van der Waals surface area (Å²) in [5.74, 6) is 1.66. The summed E-state index contributed by atoms with van der Waals surface area (Å²) in [4.78, 5) is 0. The van der Waals surface area contributed by atoms with Crippen LogP contribution in [0.3, 0.4) is 0 Å². The van der Waals surface area contributed by atoms with E-state index < -0.39 is 6.61 Å². The van der Waals surface area contributed by atoms with E-state index in [0.717, 1.165) is 12.2 Å². The molecule has 1 aromatic rings. The lowest BCUT2D eigenvalue weighted by molar-refractivity contribution is -0.0503. The minimum absolute atomic E-state index is 0.185. The Hall–Kier alpha value is -0.520. The Bertz CT molecular complexity index is 352. The number of halogens is 3. The number of ether oxygens (including phenoxy) is 1. The highest BCUT2D eigenvalue weighted by atomic mass is 35.5. The molecule has 6 heteroatoms. The third-order valence-corrected chi connectivity index (χ3v) is 3.32. The Kier molecular flexibility index (Phi) is 6.62. The molecule has 0 fully saturated rings. The molecule has 0 aliphatic rings. The smallest absolute Gasteiger partial charge is 0.387 e. The van der Waals surface area contributed by atoms with E-state index in [-0.39, 0.29) is 5.75 Å². The molecule has 0 atom stereocenters. The molecule has 2 N–H and O–H groups in total. The molecule has 0 saturated heterocycles. The van der Waals surface area contributed by atoms with Crippen molar-refractivity contribution in [1.82, 2.24) is 0 Å². The normalized spacial score (nSPS) is 10.9. The Morgan fingerprint density at radius 3 is 2.82 bits per heavy atom. The molecule has 96 valence electrons. The maximum atomic E-state index is 12.2. The molecule has 0 aromatic heterocycles. The fourth-order valence-corrected chi connectivity index (χ4v) is 2.39. The largest absolute Gasteiger partial charge is 0.435 e. The van der Waals surface area contributed by atoms with Crippen LogP contribution in [0.2, 0.25) is 5.02 Å². The van der Waals surface area contributed by atoms with Crippen molar-refractivity contribution in [3.8, 4) is 5.75 Å². The van der Waals surface area contributed by atoms with E-state index >= 15 is 0 Å². The first kappa shape index (κ1) is 14.5. The highest BCUT2D eigenvalue weighted by Gasteiger charge is 2.10. The zero-order valence-electron chi connectivity index (χ0n) is 9.17. The fourth-order valence-electron chi connectivity index (χ4n) is 1.24. The predicted molar refractivity (Wildman–Crippen MR) is 67.9 cm³/mol. The molecule has 2 nitrogen and oxygen atoms in total. The summed E-state index contributed by atoms with van der Waals surface area (Å²) < 4.78 is 28.8. The van der Waals surface area contributed by atoms with Crippen LogP contribution in [0.1, 0.15) is 12.0 Å². The number of nitrogens with two attached hydrogens (primary N) is 1. The van der Waals surface area contributed by atoms with Crippen molar-refractivity contribution in [2.24, 2.45) is 5.73 Å². The predicted octanol–water partition coefficient (Wildman–Crippen LogP) is 3.52. The lowest BCUT2D eigenvalue weighted by Crippen LogP contribution is -2.04. The molecule has 1 rings (SSSR count). The average Bonchev–Trinajstić information content (AvgIpc) is 2.27. The van der Waals surface area contributed by atoms with Crippen LogP contribution in [-0.4, -0.2) is 18.9 Å². The third-order valence-electron chi connectivity index (χ3n) is 1.99. The van der Waals surface area contributed by atoms with Gasteiger partial charge >= 0.3 is 6.61 Å². The summed E-state index contributed by atoms with van der Waals surface area (Å²) in [5.41, 5.74) is 6.05. The zero-order valence-corrected chi connectivity index (χ0v) is 10.7. The first-order valence-corrected chi connectivity index (χ1v) is 6.68. The third kappa shape index (κ3) is 5.57. The summed E-state index contributed by atoms with van der Waals surface area (Å²) in [5, 5.41) is 0.515. The van der Waals surface area contributed by atoms with Gasteiger partial charge in [-0.25, -0.2) is 0 Å². The monoisotopic (exact) mass is 281 g/mol. The van der Waals surface area contributed by atoms with Gasteiger partial charge in [-0.3, -0.25) is 0 Å². The number of alkyl halides is 2. The van der Waals surface area contributed by atoms with E-state index in [1.165, 1.54) is 12.1 Å². The molecule has 0 heterocycles. The van der Waals surface area contributed by atoms with E-state index in [9.17, 15) is 8.78 Å². The Morgan fingerprint density at radius 1 is 1.41 bits per heavy atom. The fraction of sp³-hybridized carbons (Fsp3) is 0.455. The molecular formula is C11H14ClF2NOS. The van der Waals surface area contributed by atoms with Gasteiger partial charge in [-0.1, -0.05) is 11.6 Å². The van der Waals surface area contributed by atoms with Crippen molar-refractivity contribution in [3.05, 3.63) is 28.8 Å². The average molecular weight is 282 g/mol. The first-order chi connectivity index (χ1) is 8.13. The van der Waals surface area contributed by atoms with Crippen LogP contribution in [0, 0.1) is 0 Å². The number of hydrogen-bond donors (Lipinski definition) is 1. The molecule has 0 radical (unpaired) electrons. The second-order valence-corrected chi connectivity index (χ2v) is 4.87. The lowest BCUT2D eigenvalue weighted by atomic mass is 10.2. The minimum atomic E-state index is -2.82. The van der Waals surface area contributed by atoms with E-state index in [1.807, 2.05) is 0 Å². The number of benzene rings is 1. The molecule has 0 amide bonds. The van der Waals surface area contributed by atoms with Gasteiger partial charge in [-0.2, -0.15) is 20.5 Å². The molecular weight excluding hydrogens is 268 g/mol. The van der Waals surface area contributed by atoms with Crippen molar-refractivity contribution < 1.29 is 13.5 Å². The summed E-state index contributed by atoms with van der Waals surface area (Å²) >= 11 is 7.44. The molecule has 0 aliphatic heterocycles. The molecule has 0 bridgehead atoms. The minimum Gasteiger partial charge on any atom is -0.435 e. The van der Waals surface area contributed by atoms with Crippen molar-refractivity contribution >= 4 is 23.4 Å². The maximum absolute atomic E-state index is 12.2. The summed E-state index contributed by atoms with van der Waals surface area (Å²) in [6.45, 7) is -2.19. The van der Waals surface area contributed by atoms with Gasteiger partial charge in [0.2, 0.25) is 0 Å². The van der Waals surface area contributed by atoms with Crippen LogP contribution >= 0.6 is 23.4 Å². The van der Waals surface area contributed by atoms with Gasteiger partial charge in [0.1, 0.15) is 5.75 Å². The Labute approximate surface area is 108 Å². The Morgan fingerprint density at radius 2 is 2.18 bits per heavy atom. The van der Waals surface area contributed by atoms with Crippen LogP contribution in [0.5, 0.6) is 5.75 Å². The van der Waals surface area contributed by atoms with E-state index in [4.69, 9.17) is 17.3 Å². The topological polar surface area (TPSA) is 35.2 Å². The number of thioether (sulfide) groups is 1. The van der Waals surface area contributed by atoms with Crippen LogP contribution < -0.4 is 10.5 Å². The van der Waals surface area contributed by atoms with E-state index in [0.29, 0.717) is 22.9 Å². The molecule has 0 spiro atoms. The molecule has 0 saturated carbocycles. The van der Waals surface area contributed by atoms with Gasteiger partial charge in [0.05, 0.1) is 0 Å². The second-order valence-electron chi connectivity index (χ2n) is 3.33. The number of rotatable bonds is 7. The molecule has 1 aromatic carbocycles. The zero-order chi connectivity index (χ0) is 12.7. The van der Waals surface area contributed by atoms with Crippen LogP contribution in [0.4, 0.5) is 8.78 Å². The summed E-state index contributed by atoms with van der Waals surface area (Å²) in [7, 11) is 0. The molecule has 0 aliphatic carbocycles. The molecule has 17 heavy (non-hydrogen) atoms. The quantitative estimate of drug-likeness (QED) is 0.777. The first-order valence-electron chi connectivity index (χ1n) is 5.14. The van der Waals surface area contributed by atoms with Crippen LogP contribution in [0.25, 0.3) is 0 Å². The standard InChI is InChI=1S/C11H14ClF2NOS/c12-9-2-3-10(16-11(13)14)8(6-9)7-17-5-1-4-15/h2-3,6,11H,1,4-5,7,15H2. The SMILES string of the molecule is NCCCSCc1cc(Cl)ccc1OC(F)F. The van der Waals surface area contributed by atoms with Gasteiger partial charge in [0, 0.05) is 16.3 Å².